The Labute approximate surface area is 152 Å². The number of hydrogen-bond acceptors (Lipinski definition) is 4. The first-order valence-electron chi connectivity index (χ1n) is 8.14. The zero-order valence-electron chi connectivity index (χ0n) is 14.3. The van der Waals surface area contributed by atoms with Gasteiger partial charge >= 0.3 is 0 Å². The van der Waals surface area contributed by atoms with Crippen molar-refractivity contribution < 1.29 is 14.3 Å². The molecule has 1 aliphatic heterocycles. The Hall–Kier alpha value is -2.24. The largest absolute Gasteiger partial charge is 0.486 e. The van der Waals surface area contributed by atoms with E-state index in [1.54, 1.807) is 12.1 Å². The number of amides is 1. The van der Waals surface area contributed by atoms with E-state index in [0.717, 1.165) is 5.56 Å². The maximum atomic E-state index is 12.8. The Kier molecular flexibility index (Phi) is 5.46. The molecule has 0 fully saturated rings. The van der Waals surface area contributed by atoms with Gasteiger partial charge in [-0.05, 0) is 31.8 Å². The fourth-order valence-corrected chi connectivity index (χ4v) is 3.03. The Balaban J connectivity index is 1.83. The predicted octanol–water partition coefficient (Wildman–Crippen LogP) is 3.14. The lowest BCUT2D eigenvalue weighted by Crippen LogP contribution is -2.35. The van der Waals surface area contributed by atoms with Crippen LogP contribution in [0.25, 0.3) is 0 Å². The van der Waals surface area contributed by atoms with Gasteiger partial charge in [-0.15, -0.1) is 0 Å². The van der Waals surface area contributed by atoms with Crippen LogP contribution in [0.15, 0.2) is 42.5 Å². The molecule has 0 spiro atoms. The lowest BCUT2D eigenvalue weighted by Gasteiger charge is -2.24. The summed E-state index contributed by atoms with van der Waals surface area (Å²) in [5.41, 5.74) is 1.50. The number of nitrogens with one attached hydrogen (secondary N) is 1. The molecule has 1 heterocycles. The Morgan fingerprint density at radius 2 is 1.92 bits per heavy atom. The van der Waals surface area contributed by atoms with Crippen LogP contribution in [0.3, 0.4) is 0 Å². The van der Waals surface area contributed by atoms with Gasteiger partial charge in [0.1, 0.15) is 13.2 Å². The number of halogens is 1. The molecule has 2 aromatic rings. The molecule has 1 aliphatic rings. The van der Waals surface area contributed by atoms with Gasteiger partial charge in [0.25, 0.3) is 5.91 Å². The van der Waals surface area contributed by atoms with Crippen molar-refractivity contribution in [3.05, 3.63) is 58.6 Å². The van der Waals surface area contributed by atoms with Crippen molar-refractivity contribution in [3.63, 3.8) is 0 Å². The zero-order valence-corrected chi connectivity index (χ0v) is 15.0. The molecule has 1 N–H and O–H groups in total. The topological polar surface area (TPSA) is 50.8 Å². The van der Waals surface area contributed by atoms with Crippen molar-refractivity contribution in [1.29, 1.82) is 0 Å². The number of likely N-dealkylation sites (N-methyl/N-ethyl adjacent to an activating group) is 1. The first-order valence-corrected chi connectivity index (χ1v) is 8.52. The Morgan fingerprint density at radius 3 is 2.64 bits per heavy atom. The zero-order chi connectivity index (χ0) is 17.8. The second-order valence-electron chi connectivity index (χ2n) is 6.18. The van der Waals surface area contributed by atoms with Crippen LogP contribution in [-0.2, 0) is 0 Å². The normalized spacial score (nSPS) is 14.2. The molecule has 0 saturated carbocycles. The number of hydrogen-bond donors (Lipinski definition) is 1. The number of carbonyl (C=O) groups is 1. The first-order chi connectivity index (χ1) is 12.0. The van der Waals surface area contributed by atoms with Crippen LogP contribution >= 0.6 is 11.6 Å². The van der Waals surface area contributed by atoms with E-state index in [9.17, 15) is 4.79 Å². The number of rotatable bonds is 5. The second kappa shape index (κ2) is 7.76. The molecule has 0 bridgehead atoms. The van der Waals surface area contributed by atoms with E-state index in [2.05, 4.69) is 5.32 Å². The average Bonchev–Trinajstić information content (AvgIpc) is 2.61. The van der Waals surface area contributed by atoms with E-state index in [4.69, 9.17) is 21.1 Å². The van der Waals surface area contributed by atoms with Crippen LogP contribution in [0.5, 0.6) is 11.5 Å². The van der Waals surface area contributed by atoms with Crippen LogP contribution in [0.4, 0.5) is 0 Å². The maximum Gasteiger partial charge on any atom is 0.252 e. The summed E-state index contributed by atoms with van der Waals surface area (Å²) >= 11 is 6.24. The van der Waals surface area contributed by atoms with Gasteiger partial charge in [0, 0.05) is 12.1 Å². The summed E-state index contributed by atoms with van der Waals surface area (Å²) < 4.78 is 11.0. The summed E-state index contributed by atoms with van der Waals surface area (Å²) in [4.78, 5) is 14.8. The minimum absolute atomic E-state index is 0.129. The van der Waals surface area contributed by atoms with Gasteiger partial charge in [0.15, 0.2) is 11.5 Å². The van der Waals surface area contributed by atoms with E-state index in [0.29, 0.717) is 41.8 Å². The quantitative estimate of drug-likeness (QED) is 0.890. The molecule has 3 rings (SSSR count). The predicted molar refractivity (Wildman–Crippen MR) is 97.6 cm³/mol. The lowest BCUT2D eigenvalue weighted by atomic mass is 10.1. The van der Waals surface area contributed by atoms with Crippen LogP contribution in [-0.4, -0.2) is 44.7 Å². The molecule has 1 atom stereocenters. The SMILES string of the molecule is CN(C)CC(NC(=O)c1cc(Cl)c2c(c1)OCCO2)c1ccccc1. The summed E-state index contributed by atoms with van der Waals surface area (Å²) in [5.74, 6) is 0.805. The van der Waals surface area contributed by atoms with Crippen LogP contribution in [0.2, 0.25) is 5.02 Å². The lowest BCUT2D eigenvalue weighted by molar-refractivity contribution is 0.0928. The van der Waals surface area contributed by atoms with Gasteiger partial charge in [0.05, 0.1) is 11.1 Å². The molecule has 0 aliphatic carbocycles. The molecule has 5 nitrogen and oxygen atoms in total. The summed E-state index contributed by atoms with van der Waals surface area (Å²) in [6, 6.07) is 13.1. The van der Waals surface area contributed by atoms with E-state index >= 15 is 0 Å². The molecule has 1 amide bonds. The van der Waals surface area contributed by atoms with Gasteiger partial charge in [-0.3, -0.25) is 4.79 Å². The highest BCUT2D eigenvalue weighted by molar-refractivity contribution is 6.32. The fourth-order valence-electron chi connectivity index (χ4n) is 2.77. The molecule has 1 unspecified atom stereocenters. The van der Waals surface area contributed by atoms with E-state index in [-0.39, 0.29) is 11.9 Å². The number of benzene rings is 2. The highest BCUT2D eigenvalue weighted by Gasteiger charge is 2.21. The van der Waals surface area contributed by atoms with Crippen molar-refractivity contribution in [1.82, 2.24) is 10.2 Å². The maximum absolute atomic E-state index is 12.8. The van der Waals surface area contributed by atoms with Crippen molar-refractivity contribution >= 4 is 17.5 Å². The van der Waals surface area contributed by atoms with Gasteiger partial charge < -0.3 is 19.7 Å². The standard InChI is InChI=1S/C19H21ClN2O3/c1-22(2)12-16(13-6-4-3-5-7-13)21-19(23)14-10-15(20)18-17(11-14)24-8-9-25-18/h3-7,10-11,16H,8-9,12H2,1-2H3,(H,21,23). The first kappa shape index (κ1) is 17.6. The summed E-state index contributed by atoms with van der Waals surface area (Å²) in [5, 5.41) is 3.46. The molecule has 0 aromatic heterocycles. The third kappa shape index (κ3) is 4.24. The van der Waals surface area contributed by atoms with E-state index < -0.39 is 0 Å². The van der Waals surface area contributed by atoms with Gasteiger partial charge in [-0.25, -0.2) is 0 Å². The fraction of sp³-hybridized carbons (Fsp3) is 0.316. The van der Waals surface area contributed by atoms with E-state index in [1.807, 2.05) is 49.3 Å². The summed E-state index contributed by atoms with van der Waals surface area (Å²) in [6.07, 6.45) is 0. The van der Waals surface area contributed by atoms with Crippen molar-refractivity contribution in [3.8, 4) is 11.5 Å². The Morgan fingerprint density at radius 1 is 1.20 bits per heavy atom. The number of fused-ring (bicyclic) bond motifs is 1. The molecule has 0 saturated heterocycles. The summed E-state index contributed by atoms with van der Waals surface area (Å²) in [7, 11) is 3.95. The molecular formula is C19H21ClN2O3. The van der Waals surface area contributed by atoms with Crippen LogP contribution in [0, 0.1) is 0 Å². The number of carbonyl (C=O) groups excluding carboxylic acids is 1. The highest BCUT2D eigenvalue weighted by atomic mass is 35.5. The smallest absolute Gasteiger partial charge is 0.252 e. The van der Waals surface area contributed by atoms with Gasteiger partial charge in [-0.2, -0.15) is 0 Å². The Bertz CT molecular complexity index is 750. The average molecular weight is 361 g/mol. The van der Waals surface area contributed by atoms with Crippen molar-refractivity contribution in [2.75, 3.05) is 33.9 Å². The van der Waals surface area contributed by atoms with Gasteiger partial charge in [0.2, 0.25) is 0 Å². The molecule has 25 heavy (non-hydrogen) atoms. The minimum Gasteiger partial charge on any atom is -0.486 e. The molecule has 2 aromatic carbocycles. The second-order valence-corrected chi connectivity index (χ2v) is 6.59. The third-order valence-corrected chi connectivity index (χ3v) is 4.19. The van der Waals surface area contributed by atoms with E-state index in [1.165, 1.54) is 0 Å². The van der Waals surface area contributed by atoms with Gasteiger partial charge in [-0.1, -0.05) is 41.9 Å². The minimum atomic E-state index is -0.199. The highest BCUT2D eigenvalue weighted by Crippen LogP contribution is 2.38. The van der Waals surface area contributed by atoms with Crippen LogP contribution in [0.1, 0.15) is 22.0 Å². The van der Waals surface area contributed by atoms with Crippen molar-refractivity contribution in [2.24, 2.45) is 0 Å². The monoisotopic (exact) mass is 360 g/mol. The third-order valence-electron chi connectivity index (χ3n) is 3.91. The number of ether oxygens (including phenoxy) is 2. The van der Waals surface area contributed by atoms with Crippen molar-refractivity contribution in [2.45, 2.75) is 6.04 Å². The molecule has 0 radical (unpaired) electrons. The molecule has 132 valence electrons. The molecule has 6 heteroatoms. The number of nitrogens with zero attached hydrogens (tertiary/aromatic N) is 1. The summed E-state index contributed by atoms with van der Waals surface area (Å²) in [6.45, 7) is 1.59. The molecular weight excluding hydrogens is 340 g/mol. The van der Waals surface area contributed by atoms with Crippen LogP contribution < -0.4 is 14.8 Å².